The molecule has 0 fully saturated rings. The Morgan fingerprint density at radius 1 is 1.23 bits per heavy atom. The molecule has 0 saturated carbocycles. The van der Waals surface area contributed by atoms with Gasteiger partial charge in [0, 0.05) is 18.1 Å². The van der Waals surface area contributed by atoms with E-state index in [2.05, 4.69) is 10.3 Å². The van der Waals surface area contributed by atoms with Gasteiger partial charge in [-0.2, -0.15) is 0 Å². The van der Waals surface area contributed by atoms with E-state index in [1.807, 2.05) is 67.1 Å². The molecule has 26 heavy (non-hydrogen) atoms. The molecular weight excluding hydrogens is 346 g/mol. The SMILES string of the molecule is COc1ccccc1-n1ccnc1SCC(=O)Nc1cc(C)ccc1C. The predicted molar refractivity (Wildman–Crippen MR) is 105 cm³/mol. The molecule has 0 atom stereocenters. The minimum absolute atomic E-state index is 0.0572. The Balaban J connectivity index is 1.70. The third-order valence-corrected chi connectivity index (χ3v) is 4.92. The summed E-state index contributed by atoms with van der Waals surface area (Å²) in [6.45, 7) is 3.99. The molecule has 0 aliphatic rings. The molecule has 0 saturated heterocycles. The molecule has 0 bridgehead atoms. The van der Waals surface area contributed by atoms with Gasteiger partial charge in [0.25, 0.3) is 0 Å². The number of aryl methyl sites for hydroxylation is 2. The fourth-order valence-corrected chi connectivity index (χ4v) is 3.36. The maximum absolute atomic E-state index is 12.3. The first-order chi connectivity index (χ1) is 12.6. The highest BCUT2D eigenvalue weighted by Gasteiger charge is 2.12. The number of benzene rings is 2. The van der Waals surface area contributed by atoms with E-state index in [4.69, 9.17) is 4.74 Å². The first-order valence-electron chi connectivity index (χ1n) is 8.25. The van der Waals surface area contributed by atoms with Gasteiger partial charge in [0.05, 0.1) is 18.6 Å². The second-order valence-electron chi connectivity index (χ2n) is 5.91. The molecule has 3 rings (SSSR count). The molecule has 1 amide bonds. The van der Waals surface area contributed by atoms with Gasteiger partial charge in [-0.25, -0.2) is 4.98 Å². The Morgan fingerprint density at radius 2 is 2.04 bits per heavy atom. The van der Waals surface area contributed by atoms with Crippen molar-refractivity contribution in [2.45, 2.75) is 19.0 Å². The van der Waals surface area contributed by atoms with Crippen LogP contribution >= 0.6 is 11.8 Å². The maximum Gasteiger partial charge on any atom is 0.234 e. The molecule has 1 aromatic heterocycles. The number of ether oxygens (including phenoxy) is 1. The largest absolute Gasteiger partial charge is 0.495 e. The van der Waals surface area contributed by atoms with Crippen LogP contribution in [0.25, 0.3) is 5.69 Å². The van der Waals surface area contributed by atoms with Crippen LogP contribution < -0.4 is 10.1 Å². The number of amides is 1. The van der Waals surface area contributed by atoms with Crippen molar-refractivity contribution in [3.63, 3.8) is 0 Å². The summed E-state index contributed by atoms with van der Waals surface area (Å²) in [6.07, 6.45) is 3.58. The molecule has 5 nitrogen and oxygen atoms in total. The van der Waals surface area contributed by atoms with E-state index in [0.29, 0.717) is 0 Å². The average Bonchev–Trinajstić information content (AvgIpc) is 3.11. The second kappa shape index (κ2) is 8.10. The lowest BCUT2D eigenvalue weighted by Crippen LogP contribution is -2.15. The summed E-state index contributed by atoms with van der Waals surface area (Å²) in [5, 5.41) is 3.72. The zero-order valence-electron chi connectivity index (χ0n) is 15.0. The van der Waals surface area contributed by atoms with Gasteiger partial charge < -0.3 is 10.1 Å². The molecule has 1 heterocycles. The normalized spacial score (nSPS) is 10.6. The molecule has 0 radical (unpaired) electrons. The summed E-state index contributed by atoms with van der Waals surface area (Å²) in [4.78, 5) is 16.7. The lowest BCUT2D eigenvalue weighted by molar-refractivity contribution is -0.113. The summed E-state index contributed by atoms with van der Waals surface area (Å²) >= 11 is 1.39. The average molecular weight is 367 g/mol. The van der Waals surface area contributed by atoms with Gasteiger partial charge >= 0.3 is 0 Å². The number of nitrogens with one attached hydrogen (secondary N) is 1. The maximum atomic E-state index is 12.3. The molecule has 3 aromatic rings. The molecule has 1 N–H and O–H groups in total. The number of anilines is 1. The van der Waals surface area contributed by atoms with Gasteiger partial charge in [0.1, 0.15) is 5.75 Å². The number of hydrogen-bond donors (Lipinski definition) is 1. The van der Waals surface area contributed by atoms with Crippen molar-refractivity contribution in [1.29, 1.82) is 0 Å². The number of thioether (sulfide) groups is 1. The van der Waals surface area contributed by atoms with Crippen LogP contribution in [0.2, 0.25) is 0 Å². The molecular formula is C20H21N3O2S. The lowest BCUT2D eigenvalue weighted by Gasteiger charge is -2.12. The number of carbonyl (C=O) groups is 1. The van der Waals surface area contributed by atoms with Crippen LogP contribution in [-0.2, 0) is 4.79 Å². The zero-order valence-corrected chi connectivity index (χ0v) is 15.8. The Hall–Kier alpha value is -2.73. The van der Waals surface area contributed by atoms with Crippen LogP contribution in [0, 0.1) is 13.8 Å². The van der Waals surface area contributed by atoms with Crippen LogP contribution in [0.4, 0.5) is 5.69 Å². The van der Waals surface area contributed by atoms with Crippen LogP contribution in [-0.4, -0.2) is 28.3 Å². The highest BCUT2D eigenvalue weighted by atomic mass is 32.2. The van der Waals surface area contributed by atoms with Gasteiger partial charge in [0.2, 0.25) is 5.91 Å². The fourth-order valence-electron chi connectivity index (χ4n) is 2.60. The van der Waals surface area contributed by atoms with Crippen molar-refractivity contribution in [2.75, 3.05) is 18.2 Å². The molecule has 0 spiro atoms. The Bertz CT molecular complexity index is 921. The minimum Gasteiger partial charge on any atom is -0.495 e. The zero-order chi connectivity index (χ0) is 18.5. The van der Waals surface area contributed by atoms with E-state index in [1.54, 1.807) is 13.3 Å². The summed E-state index contributed by atoms with van der Waals surface area (Å²) in [7, 11) is 1.64. The quantitative estimate of drug-likeness (QED) is 0.663. The number of hydrogen-bond acceptors (Lipinski definition) is 4. The smallest absolute Gasteiger partial charge is 0.234 e. The summed E-state index contributed by atoms with van der Waals surface area (Å²) in [6, 6.07) is 13.7. The van der Waals surface area contributed by atoms with Crippen molar-refractivity contribution in [3.05, 3.63) is 66.0 Å². The molecule has 134 valence electrons. The van der Waals surface area contributed by atoms with E-state index in [-0.39, 0.29) is 11.7 Å². The number of aromatic nitrogens is 2. The number of methoxy groups -OCH3 is 1. The van der Waals surface area contributed by atoms with Crippen LogP contribution in [0.1, 0.15) is 11.1 Å². The minimum atomic E-state index is -0.0572. The van der Waals surface area contributed by atoms with Gasteiger partial charge in [-0.05, 0) is 43.2 Å². The topological polar surface area (TPSA) is 56.2 Å². The first kappa shape index (κ1) is 18.1. The monoisotopic (exact) mass is 367 g/mol. The van der Waals surface area contributed by atoms with Crippen LogP contribution in [0.3, 0.4) is 0 Å². The highest BCUT2D eigenvalue weighted by molar-refractivity contribution is 7.99. The van der Waals surface area contributed by atoms with E-state index in [0.717, 1.165) is 33.4 Å². The Labute approximate surface area is 157 Å². The third-order valence-electron chi connectivity index (χ3n) is 3.95. The standard InChI is InChI=1S/C20H21N3O2S/c1-14-8-9-15(2)16(12-14)22-19(24)13-26-20-21-10-11-23(20)17-6-4-5-7-18(17)25-3/h4-12H,13H2,1-3H3,(H,22,24). The molecule has 0 aliphatic carbocycles. The number of carbonyl (C=O) groups excluding carboxylic acids is 1. The van der Waals surface area contributed by atoms with Gasteiger partial charge in [-0.1, -0.05) is 36.0 Å². The Morgan fingerprint density at radius 3 is 2.85 bits per heavy atom. The number of para-hydroxylation sites is 2. The molecule has 2 aromatic carbocycles. The molecule has 6 heteroatoms. The summed E-state index contributed by atoms with van der Waals surface area (Å²) in [5.74, 6) is 0.977. The third kappa shape index (κ3) is 4.08. The van der Waals surface area contributed by atoms with E-state index >= 15 is 0 Å². The first-order valence-corrected chi connectivity index (χ1v) is 9.23. The van der Waals surface area contributed by atoms with Crippen LogP contribution in [0.15, 0.2) is 60.0 Å². The van der Waals surface area contributed by atoms with Crippen molar-refractivity contribution >= 4 is 23.4 Å². The van der Waals surface area contributed by atoms with Crippen molar-refractivity contribution in [2.24, 2.45) is 0 Å². The van der Waals surface area contributed by atoms with Crippen LogP contribution in [0.5, 0.6) is 5.75 Å². The van der Waals surface area contributed by atoms with Gasteiger partial charge in [-0.15, -0.1) is 0 Å². The summed E-state index contributed by atoms with van der Waals surface area (Å²) < 4.78 is 7.34. The molecule has 0 unspecified atom stereocenters. The Kier molecular flexibility index (Phi) is 5.63. The van der Waals surface area contributed by atoms with Crippen molar-refractivity contribution in [3.8, 4) is 11.4 Å². The van der Waals surface area contributed by atoms with E-state index < -0.39 is 0 Å². The lowest BCUT2D eigenvalue weighted by atomic mass is 10.1. The number of imidazole rings is 1. The molecule has 0 aliphatic heterocycles. The fraction of sp³-hybridized carbons (Fsp3) is 0.200. The van der Waals surface area contributed by atoms with E-state index in [1.165, 1.54) is 11.8 Å². The van der Waals surface area contributed by atoms with Gasteiger partial charge in [-0.3, -0.25) is 9.36 Å². The predicted octanol–water partition coefficient (Wildman–Crippen LogP) is 4.23. The van der Waals surface area contributed by atoms with Crippen molar-refractivity contribution in [1.82, 2.24) is 9.55 Å². The highest BCUT2D eigenvalue weighted by Crippen LogP contribution is 2.27. The van der Waals surface area contributed by atoms with Gasteiger partial charge in [0.15, 0.2) is 5.16 Å². The number of rotatable bonds is 6. The van der Waals surface area contributed by atoms with Crippen molar-refractivity contribution < 1.29 is 9.53 Å². The summed E-state index contributed by atoms with van der Waals surface area (Å²) in [5.41, 5.74) is 3.91. The second-order valence-corrected chi connectivity index (χ2v) is 6.85. The van der Waals surface area contributed by atoms with E-state index in [9.17, 15) is 4.79 Å². The number of nitrogens with zero attached hydrogens (tertiary/aromatic N) is 2.